The molecule has 0 aromatic carbocycles. The molecule has 1 fully saturated rings. The molecule has 0 aliphatic carbocycles. The zero-order chi connectivity index (χ0) is 8.97. The third-order valence-electron chi connectivity index (χ3n) is 1.68. The highest BCUT2D eigenvalue weighted by Gasteiger charge is 2.24. The molecule has 4 heteroatoms. The maximum absolute atomic E-state index is 11.2. The van der Waals surface area contributed by atoms with Gasteiger partial charge < -0.3 is 0 Å². The van der Waals surface area contributed by atoms with Crippen molar-refractivity contribution in [2.24, 2.45) is 0 Å². The fourth-order valence-electron chi connectivity index (χ4n) is 1.13. The molecule has 1 rings (SSSR count). The van der Waals surface area contributed by atoms with Crippen molar-refractivity contribution in [1.82, 2.24) is 5.06 Å². The van der Waals surface area contributed by atoms with Crippen LogP contribution in [-0.4, -0.2) is 30.1 Å². The van der Waals surface area contributed by atoms with Crippen LogP contribution in [0.4, 0.5) is 0 Å². The minimum atomic E-state index is -0.335. The van der Waals surface area contributed by atoms with Gasteiger partial charge in [-0.2, -0.15) is 0 Å². The second-order valence-corrected chi connectivity index (χ2v) is 2.51. The molecule has 1 aliphatic rings. The van der Waals surface area contributed by atoms with Crippen molar-refractivity contribution in [3.63, 3.8) is 0 Å². The number of carbonyl (C=O) groups excluding carboxylic acids is 2. The maximum atomic E-state index is 11.2. The Bertz CT molecular complexity index is 228. The van der Waals surface area contributed by atoms with E-state index in [0.29, 0.717) is 19.6 Å². The molecule has 1 aliphatic heterocycles. The number of nitrogens with zero attached hydrogens (tertiary/aromatic N) is 1. The number of hydrogen-bond acceptors (Lipinski definition) is 3. The Morgan fingerprint density at radius 2 is 2.42 bits per heavy atom. The topological polar surface area (TPSA) is 46.6 Å². The molecule has 0 aromatic heterocycles. The zero-order valence-electron chi connectivity index (χ0n) is 7.00. The normalized spacial score (nSPS) is 17.9. The van der Waals surface area contributed by atoms with Crippen LogP contribution in [-0.2, 0) is 14.4 Å². The SMILES string of the molecule is CCON1CCCC(=C=O)C1=O. The average Bonchev–Trinajstić information content (AvgIpc) is 2.09. The van der Waals surface area contributed by atoms with Crippen molar-refractivity contribution in [3.8, 4) is 0 Å². The molecule has 0 bridgehead atoms. The van der Waals surface area contributed by atoms with E-state index in [4.69, 9.17) is 4.84 Å². The molecule has 0 spiro atoms. The van der Waals surface area contributed by atoms with Gasteiger partial charge in [0, 0.05) is 6.54 Å². The lowest BCUT2D eigenvalue weighted by atomic mass is 10.1. The van der Waals surface area contributed by atoms with Crippen molar-refractivity contribution in [2.75, 3.05) is 13.2 Å². The Morgan fingerprint density at radius 3 is 3.00 bits per heavy atom. The summed E-state index contributed by atoms with van der Waals surface area (Å²) in [5.74, 6) is 1.30. The Kier molecular flexibility index (Phi) is 3.02. The molecule has 0 saturated carbocycles. The second-order valence-electron chi connectivity index (χ2n) is 2.51. The van der Waals surface area contributed by atoms with Gasteiger partial charge in [0.1, 0.15) is 11.5 Å². The fraction of sp³-hybridized carbons (Fsp3) is 0.625. The highest BCUT2D eigenvalue weighted by molar-refractivity contribution is 6.00. The van der Waals surface area contributed by atoms with E-state index in [1.54, 1.807) is 12.9 Å². The average molecular weight is 169 g/mol. The van der Waals surface area contributed by atoms with Gasteiger partial charge in [0.2, 0.25) is 0 Å². The van der Waals surface area contributed by atoms with Gasteiger partial charge in [0.15, 0.2) is 0 Å². The molecule has 1 heterocycles. The molecule has 0 radical (unpaired) electrons. The van der Waals surface area contributed by atoms with Crippen LogP contribution in [0.1, 0.15) is 19.8 Å². The van der Waals surface area contributed by atoms with E-state index in [-0.39, 0.29) is 11.5 Å². The highest BCUT2D eigenvalue weighted by atomic mass is 16.7. The number of carbonyl (C=O) groups is 1. The summed E-state index contributed by atoms with van der Waals surface area (Å²) in [7, 11) is 0. The number of piperidine rings is 1. The van der Waals surface area contributed by atoms with E-state index in [1.807, 2.05) is 0 Å². The van der Waals surface area contributed by atoms with Crippen LogP contribution >= 0.6 is 0 Å². The predicted octanol–water partition coefficient (Wildman–Crippen LogP) is 0.318. The van der Waals surface area contributed by atoms with E-state index >= 15 is 0 Å². The smallest absolute Gasteiger partial charge is 0.271 e. The van der Waals surface area contributed by atoms with E-state index in [0.717, 1.165) is 6.42 Å². The van der Waals surface area contributed by atoms with E-state index in [9.17, 15) is 9.59 Å². The fourth-order valence-corrected chi connectivity index (χ4v) is 1.13. The van der Waals surface area contributed by atoms with Crippen LogP contribution in [0.2, 0.25) is 0 Å². The van der Waals surface area contributed by atoms with Crippen LogP contribution in [0.5, 0.6) is 0 Å². The van der Waals surface area contributed by atoms with E-state index in [1.165, 1.54) is 5.06 Å². The van der Waals surface area contributed by atoms with E-state index in [2.05, 4.69) is 0 Å². The number of amides is 1. The van der Waals surface area contributed by atoms with Gasteiger partial charge in [-0.15, -0.1) is 0 Å². The molecular weight excluding hydrogens is 158 g/mol. The first-order valence-electron chi connectivity index (χ1n) is 3.98. The van der Waals surface area contributed by atoms with Crippen molar-refractivity contribution >= 4 is 11.8 Å². The van der Waals surface area contributed by atoms with Crippen molar-refractivity contribution < 1.29 is 14.4 Å². The Labute approximate surface area is 70.7 Å². The maximum Gasteiger partial charge on any atom is 0.284 e. The molecule has 4 nitrogen and oxygen atoms in total. The summed E-state index contributed by atoms with van der Waals surface area (Å²) in [5.41, 5.74) is 0.190. The summed E-state index contributed by atoms with van der Waals surface area (Å²) in [6.45, 7) is 2.81. The molecular formula is C8H11NO3. The molecule has 1 saturated heterocycles. The molecule has 12 heavy (non-hydrogen) atoms. The summed E-state index contributed by atoms with van der Waals surface area (Å²) < 4.78 is 0. The largest absolute Gasteiger partial charge is 0.284 e. The number of hydrogen-bond donors (Lipinski definition) is 0. The minimum absolute atomic E-state index is 0.190. The van der Waals surface area contributed by atoms with Gasteiger partial charge in [-0.25, -0.2) is 9.86 Å². The van der Waals surface area contributed by atoms with Crippen molar-refractivity contribution in [2.45, 2.75) is 19.8 Å². The minimum Gasteiger partial charge on any atom is -0.271 e. The molecule has 66 valence electrons. The van der Waals surface area contributed by atoms with E-state index < -0.39 is 0 Å². The zero-order valence-corrected chi connectivity index (χ0v) is 7.00. The van der Waals surface area contributed by atoms with Crippen LogP contribution < -0.4 is 0 Å². The van der Waals surface area contributed by atoms with Crippen LogP contribution in [0.15, 0.2) is 5.57 Å². The lowest BCUT2D eigenvalue weighted by molar-refractivity contribution is -0.183. The Balaban J connectivity index is 2.66. The summed E-state index contributed by atoms with van der Waals surface area (Å²) in [5, 5.41) is 1.23. The van der Waals surface area contributed by atoms with Crippen LogP contribution in [0.25, 0.3) is 0 Å². The third-order valence-corrected chi connectivity index (χ3v) is 1.68. The van der Waals surface area contributed by atoms with Gasteiger partial charge in [-0.1, -0.05) is 0 Å². The standard InChI is InChI=1S/C8H11NO3/c1-2-12-9-5-3-4-7(6-10)8(9)11/h2-5H2,1H3. The lowest BCUT2D eigenvalue weighted by Gasteiger charge is -2.24. The van der Waals surface area contributed by atoms with Gasteiger partial charge >= 0.3 is 0 Å². The summed E-state index contributed by atoms with van der Waals surface area (Å²) >= 11 is 0. The van der Waals surface area contributed by atoms with Crippen LogP contribution in [0.3, 0.4) is 0 Å². The van der Waals surface area contributed by atoms with Gasteiger partial charge in [0.05, 0.1) is 6.61 Å². The van der Waals surface area contributed by atoms with Crippen molar-refractivity contribution in [3.05, 3.63) is 5.57 Å². The molecule has 0 unspecified atom stereocenters. The number of hydroxylamine groups is 2. The molecule has 0 aromatic rings. The molecule has 1 amide bonds. The quantitative estimate of drug-likeness (QED) is 0.441. The van der Waals surface area contributed by atoms with Gasteiger partial charge in [-0.05, 0) is 19.8 Å². The first kappa shape index (κ1) is 8.97. The first-order chi connectivity index (χ1) is 5.79. The molecule has 0 N–H and O–H groups in total. The predicted molar refractivity (Wildman–Crippen MR) is 41.8 cm³/mol. The Hall–Kier alpha value is -1.12. The summed E-state index contributed by atoms with van der Waals surface area (Å²) in [6, 6.07) is 0. The third kappa shape index (κ3) is 1.72. The second kappa shape index (κ2) is 4.04. The summed E-state index contributed by atoms with van der Waals surface area (Å²) in [4.78, 5) is 26.5. The van der Waals surface area contributed by atoms with Gasteiger partial charge in [-0.3, -0.25) is 9.63 Å². The number of rotatable bonds is 2. The van der Waals surface area contributed by atoms with Gasteiger partial charge in [0.25, 0.3) is 5.91 Å². The molecule has 0 atom stereocenters. The highest BCUT2D eigenvalue weighted by Crippen LogP contribution is 2.14. The van der Waals surface area contributed by atoms with Crippen LogP contribution in [0, 0.1) is 0 Å². The first-order valence-corrected chi connectivity index (χ1v) is 3.98. The van der Waals surface area contributed by atoms with Crippen molar-refractivity contribution in [1.29, 1.82) is 0 Å². The summed E-state index contributed by atoms with van der Waals surface area (Å²) in [6.07, 6.45) is 1.29. The monoisotopic (exact) mass is 169 g/mol. The lowest BCUT2D eigenvalue weighted by Crippen LogP contribution is -2.37. The Morgan fingerprint density at radius 1 is 1.67 bits per heavy atom.